The van der Waals surface area contributed by atoms with Crippen LogP contribution >= 0.6 is 22.9 Å². The average molecular weight is 331 g/mol. The molecule has 1 aliphatic rings. The number of rotatable bonds is 4. The van der Waals surface area contributed by atoms with Crippen LogP contribution in [0.1, 0.15) is 23.5 Å². The molecule has 3 N–H and O–H groups in total. The average Bonchev–Trinajstić information content (AvgIpc) is 2.77. The summed E-state index contributed by atoms with van der Waals surface area (Å²) in [4.78, 5) is 29.1. The number of likely N-dealkylation sites (tertiary alicyclic amines) is 1. The Morgan fingerprint density at radius 2 is 2.33 bits per heavy atom. The van der Waals surface area contributed by atoms with Gasteiger partial charge in [0.2, 0.25) is 5.91 Å². The first kappa shape index (κ1) is 16.0. The van der Waals surface area contributed by atoms with Gasteiger partial charge >= 0.3 is 6.03 Å². The molecule has 0 saturated carbocycles. The van der Waals surface area contributed by atoms with Gasteiger partial charge in [-0.2, -0.15) is 0 Å². The van der Waals surface area contributed by atoms with Gasteiger partial charge in [0.05, 0.1) is 16.6 Å². The molecule has 2 rings (SSSR count). The first-order valence-corrected chi connectivity index (χ1v) is 8.10. The molecule has 0 aromatic carbocycles. The number of hydrogen-bond donors (Lipinski definition) is 2. The predicted molar refractivity (Wildman–Crippen MR) is 82.5 cm³/mol. The predicted octanol–water partition coefficient (Wildman–Crippen LogP) is 1.55. The molecule has 21 heavy (non-hydrogen) atoms. The minimum atomic E-state index is -0.458. The molecule has 0 spiro atoms. The zero-order chi connectivity index (χ0) is 15.4. The number of amides is 3. The smallest absolute Gasteiger partial charge is 0.314 e. The van der Waals surface area contributed by atoms with Crippen molar-refractivity contribution >= 4 is 34.9 Å². The Balaban J connectivity index is 1.77. The highest BCUT2D eigenvalue weighted by molar-refractivity contribution is 7.16. The highest BCUT2D eigenvalue weighted by Gasteiger charge is 2.27. The number of aromatic nitrogens is 1. The molecule has 1 aromatic rings. The van der Waals surface area contributed by atoms with Crippen LogP contribution in [0.2, 0.25) is 4.34 Å². The third kappa shape index (κ3) is 4.31. The lowest BCUT2D eigenvalue weighted by molar-refractivity contribution is -0.126. The Morgan fingerprint density at radius 1 is 1.57 bits per heavy atom. The monoisotopic (exact) mass is 330 g/mol. The van der Waals surface area contributed by atoms with E-state index in [0.717, 1.165) is 23.5 Å². The summed E-state index contributed by atoms with van der Waals surface area (Å²) in [6.45, 7) is 3.43. The molecule has 2 heterocycles. The zero-order valence-electron chi connectivity index (χ0n) is 11.9. The van der Waals surface area contributed by atoms with E-state index in [1.54, 1.807) is 0 Å². The van der Waals surface area contributed by atoms with Crippen molar-refractivity contribution in [3.05, 3.63) is 15.0 Å². The van der Waals surface area contributed by atoms with E-state index in [9.17, 15) is 9.59 Å². The van der Waals surface area contributed by atoms with E-state index in [4.69, 9.17) is 17.3 Å². The van der Waals surface area contributed by atoms with Crippen molar-refractivity contribution in [1.82, 2.24) is 15.2 Å². The molecule has 1 fully saturated rings. The Bertz CT molecular complexity index is 515. The number of nitrogens with one attached hydrogen (secondary N) is 1. The molecule has 8 heteroatoms. The Labute approximate surface area is 132 Å². The molecular weight excluding hydrogens is 312 g/mol. The summed E-state index contributed by atoms with van der Waals surface area (Å²) in [5.74, 6) is -0.201. The number of nitrogens with zero attached hydrogens (tertiary/aromatic N) is 2. The molecule has 116 valence electrons. The van der Waals surface area contributed by atoms with Gasteiger partial charge in [0, 0.05) is 26.1 Å². The number of halogens is 1. The summed E-state index contributed by atoms with van der Waals surface area (Å²) < 4.78 is 0.695. The van der Waals surface area contributed by atoms with E-state index in [-0.39, 0.29) is 11.8 Å². The SMILES string of the molecule is Cc1nc(CCNC(=O)C2CCCN(C(N)=O)C2)sc1Cl. The molecule has 1 unspecified atom stereocenters. The molecule has 0 bridgehead atoms. The first-order valence-electron chi connectivity index (χ1n) is 6.91. The summed E-state index contributed by atoms with van der Waals surface area (Å²) in [5.41, 5.74) is 6.08. The van der Waals surface area contributed by atoms with Crippen LogP contribution in [0, 0.1) is 12.8 Å². The number of piperidine rings is 1. The van der Waals surface area contributed by atoms with E-state index < -0.39 is 6.03 Å². The van der Waals surface area contributed by atoms with Gasteiger partial charge in [0.1, 0.15) is 4.34 Å². The minimum absolute atomic E-state index is 0.0275. The number of aryl methyl sites for hydroxylation is 1. The van der Waals surface area contributed by atoms with Crippen LogP contribution in [0.3, 0.4) is 0 Å². The fourth-order valence-corrected chi connectivity index (χ4v) is 3.46. The van der Waals surface area contributed by atoms with Crippen molar-refractivity contribution in [1.29, 1.82) is 0 Å². The van der Waals surface area contributed by atoms with Gasteiger partial charge in [0.15, 0.2) is 0 Å². The van der Waals surface area contributed by atoms with Gasteiger partial charge < -0.3 is 16.0 Å². The highest BCUT2D eigenvalue weighted by atomic mass is 35.5. The summed E-state index contributed by atoms with van der Waals surface area (Å²) in [5, 5.41) is 3.81. The Hall–Kier alpha value is -1.34. The lowest BCUT2D eigenvalue weighted by Gasteiger charge is -2.30. The van der Waals surface area contributed by atoms with E-state index >= 15 is 0 Å². The van der Waals surface area contributed by atoms with Crippen LogP contribution < -0.4 is 11.1 Å². The van der Waals surface area contributed by atoms with Gasteiger partial charge in [-0.25, -0.2) is 9.78 Å². The van der Waals surface area contributed by atoms with E-state index in [1.807, 2.05) is 6.92 Å². The van der Waals surface area contributed by atoms with Crippen molar-refractivity contribution in [2.45, 2.75) is 26.2 Å². The number of hydrogen-bond acceptors (Lipinski definition) is 4. The first-order chi connectivity index (χ1) is 9.97. The number of nitrogens with two attached hydrogens (primary N) is 1. The van der Waals surface area contributed by atoms with Gasteiger partial charge in [0.25, 0.3) is 0 Å². The molecule has 1 saturated heterocycles. The number of urea groups is 1. The Morgan fingerprint density at radius 3 is 2.95 bits per heavy atom. The number of carbonyl (C=O) groups excluding carboxylic acids is 2. The topological polar surface area (TPSA) is 88.3 Å². The quantitative estimate of drug-likeness (QED) is 0.878. The van der Waals surface area contributed by atoms with Gasteiger partial charge in [-0.05, 0) is 19.8 Å². The fourth-order valence-electron chi connectivity index (χ4n) is 2.37. The summed E-state index contributed by atoms with van der Waals surface area (Å²) in [7, 11) is 0. The van der Waals surface area contributed by atoms with Crippen LogP contribution in [0.25, 0.3) is 0 Å². The maximum Gasteiger partial charge on any atom is 0.314 e. The number of thiazole rings is 1. The standard InChI is InChI=1S/C13H19ClN4O2S/c1-8-11(14)21-10(17-8)4-5-16-12(19)9-3-2-6-18(7-9)13(15)20/h9H,2-7H2,1H3,(H2,15,20)(H,16,19). The molecule has 0 aliphatic carbocycles. The minimum Gasteiger partial charge on any atom is -0.355 e. The molecule has 1 aliphatic heterocycles. The maximum absolute atomic E-state index is 12.1. The normalized spacial score (nSPS) is 18.6. The van der Waals surface area contributed by atoms with Crippen molar-refractivity contribution in [3.8, 4) is 0 Å². The molecule has 6 nitrogen and oxygen atoms in total. The van der Waals surface area contributed by atoms with Crippen LogP contribution in [0.5, 0.6) is 0 Å². The van der Waals surface area contributed by atoms with Crippen LogP contribution in [-0.4, -0.2) is 41.5 Å². The van der Waals surface area contributed by atoms with Crippen LogP contribution in [0.4, 0.5) is 4.79 Å². The third-order valence-electron chi connectivity index (χ3n) is 3.53. The van der Waals surface area contributed by atoms with E-state index in [1.165, 1.54) is 16.2 Å². The van der Waals surface area contributed by atoms with Crippen molar-refractivity contribution in [3.63, 3.8) is 0 Å². The Kier molecular flexibility index (Phi) is 5.41. The van der Waals surface area contributed by atoms with Gasteiger partial charge in [-0.15, -0.1) is 11.3 Å². The fraction of sp³-hybridized carbons (Fsp3) is 0.615. The summed E-state index contributed by atoms with van der Waals surface area (Å²) in [6, 6.07) is -0.458. The molecule has 0 radical (unpaired) electrons. The van der Waals surface area contributed by atoms with Crippen molar-refractivity contribution in [2.75, 3.05) is 19.6 Å². The number of primary amides is 1. The molecule has 1 atom stereocenters. The van der Waals surface area contributed by atoms with Crippen LogP contribution in [0.15, 0.2) is 0 Å². The van der Waals surface area contributed by atoms with Gasteiger partial charge in [-0.1, -0.05) is 11.6 Å². The highest BCUT2D eigenvalue weighted by Crippen LogP contribution is 2.23. The van der Waals surface area contributed by atoms with Gasteiger partial charge in [-0.3, -0.25) is 4.79 Å². The van der Waals surface area contributed by atoms with E-state index in [0.29, 0.717) is 30.4 Å². The second-order valence-corrected chi connectivity index (χ2v) is 6.82. The second-order valence-electron chi connectivity index (χ2n) is 5.13. The van der Waals surface area contributed by atoms with Crippen LogP contribution in [-0.2, 0) is 11.2 Å². The summed E-state index contributed by atoms with van der Waals surface area (Å²) >= 11 is 7.40. The summed E-state index contributed by atoms with van der Waals surface area (Å²) in [6.07, 6.45) is 2.26. The lowest BCUT2D eigenvalue weighted by Crippen LogP contribution is -2.47. The van der Waals surface area contributed by atoms with Crippen molar-refractivity contribution in [2.24, 2.45) is 11.7 Å². The largest absolute Gasteiger partial charge is 0.355 e. The zero-order valence-corrected chi connectivity index (χ0v) is 13.5. The molecular formula is C13H19ClN4O2S. The third-order valence-corrected chi connectivity index (χ3v) is 5.04. The molecule has 1 aromatic heterocycles. The van der Waals surface area contributed by atoms with Crippen molar-refractivity contribution < 1.29 is 9.59 Å². The second kappa shape index (κ2) is 7.09. The number of carbonyl (C=O) groups is 2. The van der Waals surface area contributed by atoms with E-state index in [2.05, 4.69) is 10.3 Å². The molecule has 3 amide bonds. The lowest BCUT2D eigenvalue weighted by atomic mass is 9.97. The maximum atomic E-state index is 12.1.